The fourth-order valence-electron chi connectivity index (χ4n) is 4.75. The van der Waals surface area contributed by atoms with E-state index in [2.05, 4.69) is 32.7 Å². The van der Waals surface area contributed by atoms with E-state index < -0.39 is 11.7 Å². The maximum absolute atomic E-state index is 12.7. The molecule has 1 aliphatic heterocycles. The number of rotatable bonds is 5. The zero-order valence-electron chi connectivity index (χ0n) is 20.5. The highest BCUT2D eigenvalue weighted by Gasteiger charge is 2.27. The van der Waals surface area contributed by atoms with Gasteiger partial charge in [-0.1, -0.05) is 31.4 Å². The number of pyridine rings is 1. The molecule has 1 saturated carbocycles. The summed E-state index contributed by atoms with van der Waals surface area (Å²) in [7, 11) is 0. The van der Waals surface area contributed by atoms with Gasteiger partial charge in [0.05, 0.1) is 17.9 Å². The van der Waals surface area contributed by atoms with Crippen molar-refractivity contribution in [1.29, 1.82) is 0 Å². The zero-order valence-corrected chi connectivity index (χ0v) is 20.5. The zero-order chi connectivity index (χ0) is 24.1. The summed E-state index contributed by atoms with van der Waals surface area (Å²) >= 11 is 0. The van der Waals surface area contributed by atoms with E-state index in [0.29, 0.717) is 23.7 Å². The molecule has 2 amide bonds. The Labute approximate surface area is 202 Å². The highest BCUT2D eigenvalue weighted by molar-refractivity contribution is 6.04. The lowest BCUT2D eigenvalue weighted by Gasteiger charge is -2.22. The highest BCUT2D eigenvalue weighted by Crippen LogP contribution is 2.32. The molecular weight excluding hydrogens is 428 g/mol. The molecule has 1 aromatic carbocycles. The first-order valence-electron chi connectivity index (χ1n) is 12.4. The number of anilines is 2. The molecule has 7 heteroatoms. The van der Waals surface area contributed by atoms with Crippen molar-refractivity contribution in [2.24, 2.45) is 0 Å². The fraction of sp³-hybridized carbons (Fsp3) is 0.519. The van der Waals surface area contributed by atoms with E-state index in [0.717, 1.165) is 18.8 Å². The lowest BCUT2D eigenvalue weighted by molar-refractivity contribution is 0.0509. The largest absolute Gasteiger partial charge is 0.444 e. The van der Waals surface area contributed by atoms with Crippen LogP contribution in [0, 0.1) is 0 Å². The third kappa shape index (κ3) is 6.49. The molecule has 2 heterocycles. The molecule has 2 N–H and O–H groups in total. The molecular formula is C27H36N4O3. The number of alkyl carbamates (subject to hydrolysis) is 1. The second-order valence-electron chi connectivity index (χ2n) is 10.4. The van der Waals surface area contributed by atoms with Gasteiger partial charge in [0.1, 0.15) is 11.4 Å². The molecule has 34 heavy (non-hydrogen) atoms. The van der Waals surface area contributed by atoms with E-state index in [4.69, 9.17) is 4.74 Å². The molecule has 2 aliphatic rings. The number of aromatic nitrogens is 1. The number of nitrogens with zero attached hydrogens (tertiary/aromatic N) is 2. The van der Waals surface area contributed by atoms with Gasteiger partial charge in [-0.3, -0.25) is 4.79 Å². The number of hydrogen-bond acceptors (Lipinski definition) is 5. The fourth-order valence-corrected chi connectivity index (χ4v) is 4.75. The summed E-state index contributed by atoms with van der Waals surface area (Å²) in [6.07, 6.45) is 8.55. The molecule has 7 nitrogen and oxygen atoms in total. The van der Waals surface area contributed by atoms with Gasteiger partial charge in [0.15, 0.2) is 0 Å². The number of amides is 2. The monoisotopic (exact) mass is 464 g/mol. The van der Waals surface area contributed by atoms with E-state index in [1.807, 2.05) is 45.0 Å². The van der Waals surface area contributed by atoms with Crippen LogP contribution in [-0.4, -0.2) is 41.7 Å². The van der Waals surface area contributed by atoms with Gasteiger partial charge in [-0.05, 0) is 75.8 Å². The van der Waals surface area contributed by atoms with Crippen LogP contribution in [-0.2, 0) is 4.74 Å². The Morgan fingerprint density at radius 3 is 2.38 bits per heavy atom. The second-order valence-corrected chi connectivity index (χ2v) is 10.4. The molecule has 1 saturated heterocycles. The van der Waals surface area contributed by atoms with Crippen molar-refractivity contribution in [2.45, 2.75) is 76.9 Å². The van der Waals surface area contributed by atoms with Crippen molar-refractivity contribution in [2.75, 3.05) is 23.3 Å². The maximum atomic E-state index is 12.7. The Morgan fingerprint density at radius 2 is 1.74 bits per heavy atom. The Balaban J connectivity index is 1.28. The lowest BCUT2D eigenvalue weighted by Crippen LogP contribution is -2.40. The number of benzene rings is 1. The van der Waals surface area contributed by atoms with Crippen LogP contribution in [0.5, 0.6) is 0 Å². The van der Waals surface area contributed by atoms with Crippen molar-refractivity contribution in [3.8, 4) is 0 Å². The molecule has 0 spiro atoms. The summed E-state index contributed by atoms with van der Waals surface area (Å²) < 4.78 is 5.34. The quantitative estimate of drug-likeness (QED) is 0.612. The number of hydrogen-bond donors (Lipinski definition) is 2. The van der Waals surface area contributed by atoms with Gasteiger partial charge in [-0.25, -0.2) is 9.78 Å². The van der Waals surface area contributed by atoms with Gasteiger partial charge >= 0.3 is 6.09 Å². The van der Waals surface area contributed by atoms with Crippen LogP contribution in [0.15, 0.2) is 42.6 Å². The molecule has 1 atom stereocenters. The molecule has 1 unspecified atom stereocenters. The minimum atomic E-state index is -0.512. The summed E-state index contributed by atoms with van der Waals surface area (Å²) in [6, 6.07) is 11.8. The van der Waals surface area contributed by atoms with Crippen molar-refractivity contribution in [3.63, 3.8) is 0 Å². The molecule has 1 aliphatic carbocycles. The Kier molecular flexibility index (Phi) is 7.39. The first-order chi connectivity index (χ1) is 16.3. The highest BCUT2D eigenvalue weighted by atomic mass is 16.6. The Morgan fingerprint density at radius 1 is 1.00 bits per heavy atom. The Hall–Kier alpha value is -3.09. The molecule has 0 bridgehead atoms. The summed E-state index contributed by atoms with van der Waals surface area (Å²) in [5, 5.41) is 5.87. The van der Waals surface area contributed by atoms with Crippen LogP contribution >= 0.6 is 0 Å². The minimum Gasteiger partial charge on any atom is -0.444 e. The van der Waals surface area contributed by atoms with E-state index in [-0.39, 0.29) is 11.9 Å². The first kappa shape index (κ1) is 24.0. The van der Waals surface area contributed by atoms with Gasteiger partial charge in [0.2, 0.25) is 0 Å². The summed E-state index contributed by atoms with van der Waals surface area (Å²) in [5.74, 6) is 1.32. The standard InChI is InChI=1S/C27H36N4O3/c1-27(2,3)34-26(33)30-23-15-16-31(18-23)24-14-13-22(17-28-24)29-25(32)21-11-9-20(10-12-21)19-7-5-4-6-8-19/h9-14,17,19,23H,4-8,15-16,18H2,1-3H3,(H,29,32)(H,30,33). The third-order valence-electron chi connectivity index (χ3n) is 6.49. The van der Waals surface area contributed by atoms with Crippen LogP contribution in [0.25, 0.3) is 0 Å². The third-order valence-corrected chi connectivity index (χ3v) is 6.49. The van der Waals surface area contributed by atoms with E-state index in [1.54, 1.807) is 6.20 Å². The number of carbonyl (C=O) groups excluding carboxylic acids is 2. The number of nitrogens with one attached hydrogen (secondary N) is 2. The molecule has 182 valence electrons. The topological polar surface area (TPSA) is 83.6 Å². The molecule has 0 radical (unpaired) electrons. The van der Waals surface area contributed by atoms with Crippen LogP contribution < -0.4 is 15.5 Å². The van der Waals surface area contributed by atoms with Crippen molar-refractivity contribution in [3.05, 3.63) is 53.7 Å². The normalized spacial score (nSPS) is 19.0. The van der Waals surface area contributed by atoms with E-state index in [1.165, 1.54) is 37.7 Å². The van der Waals surface area contributed by atoms with Gasteiger partial charge in [0.25, 0.3) is 5.91 Å². The number of ether oxygens (including phenoxy) is 1. The summed E-state index contributed by atoms with van der Waals surface area (Å²) in [5.41, 5.74) is 2.14. The van der Waals surface area contributed by atoms with Crippen LogP contribution in [0.4, 0.5) is 16.3 Å². The average molecular weight is 465 g/mol. The smallest absolute Gasteiger partial charge is 0.407 e. The van der Waals surface area contributed by atoms with Gasteiger partial charge < -0.3 is 20.3 Å². The number of carbonyl (C=O) groups is 2. The van der Waals surface area contributed by atoms with Crippen molar-refractivity contribution < 1.29 is 14.3 Å². The molecule has 1 aromatic heterocycles. The molecule has 2 aromatic rings. The van der Waals surface area contributed by atoms with Gasteiger partial charge in [-0.15, -0.1) is 0 Å². The second kappa shape index (κ2) is 10.5. The SMILES string of the molecule is CC(C)(C)OC(=O)NC1CCN(c2ccc(NC(=O)c3ccc(C4CCCCC4)cc3)cn2)C1. The van der Waals surface area contributed by atoms with E-state index >= 15 is 0 Å². The van der Waals surface area contributed by atoms with Crippen LogP contribution in [0.3, 0.4) is 0 Å². The Bertz CT molecular complexity index is 976. The van der Waals surface area contributed by atoms with Gasteiger partial charge in [-0.2, -0.15) is 0 Å². The summed E-state index contributed by atoms with van der Waals surface area (Å²) in [6.45, 7) is 7.02. The molecule has 2 fully saturated rings. The first-order valence-corrected chi connectivity index (χ1v) is 12.4. The van der Waals surface area contributed by atoms with Crippen molar-refractivity contribution in [1.82, 2.24) is 10.3 Å². The lowest BCUT2D eigenvalue weighted by atomic mass is 9.84. The maximum Gasteiger partial charge on any atom is 0.407 e. The van der Waals surface area contributed by atoms with Gasteiger partial charge in [0, 0.05) is 18.7 Å². The van der Waals surface area contributed by atoms with Crippen LogP contribution in [0.2, 0.25) is 0 Å². The average Bonchev–Trinajstić information content (AvgIpc) is 3.27. The van der Waals surface area contributed by atoms with Crippen molar-refractivity contribution >= 4 is 23.5 Å². The predicted molar refractivity (Wildman–Crippen MR) is 134 cm³/mol. The summed E-state index contributed by atoms with van der Waals surface area (Å²) in [4.78, 5) is 31.3. The molecule has 4 rings (SSSR count). The van der Waals surface area contributed by atoms with E-state index in [9.17, 15) is 9.59 Å². The van der Waals surface area contributed by atoms with Crippen LogP contribution in [0.1, 0.15) is 81.1 Å². The predicted octanol–water partition coefficient (Wildman–Crippen LogP) is 5.49. The minimum absolute atomic E-state index is 0.0209.